The van der Waals surface area contributed by atoms with Crippen molar-refractivity contribution in [3.63, 3.8) is 0 Å². The van der Waals surface area contributed by atoms with E-state index < -0.39 is 0 Å². The molecule has 0 saturated heterocycles. The zero-order valence-electron chi connectivity index (χ0n) is 37.4. The Morgan fingerprint density at radius 1 is 0.421 bits per heavy atom. The molecule has 4 aliphatic carbocycles. The van der Waals surface area contributed by atoms with E-state index in [1.165, 1.54) is 92.5 Å². The molecule has 0 nitrogen and oxygen atoms in total. The van der Waals surface area contributed by atoms with Crippen molar-refractivity contribution in [2.24, 2.45) is 0 Å². The van der Waals surface area contributed by atoms with Gasteiger partial charge in [0.1, 0.15) is 0 Å². The minimum Gasteiger partial charge on any atom is -1.00 e. The third kappa shape index (κ3) is 9.42. The topological polar surface area (TPSA) is 0 Å². The van der Waals surface area contributed by atoms with Gasteiger partial charge in [0.15, 0.2) is 0 Å². The number of allylic oxidation sites excluding steroid dienone is 2. The van der Waals surface area contributed by atoms with Crippen LogP contribution in [0.25, 0.3) is 11.1 Å². The Hall–Kier alpha value is -2.19. The number of rotatable bonds is 2. The molecule has 0 amide bonds. The van der Waals surface area contributed by atoms with Crippen molar-refractivity contribution in [2.75, 3.05) is 0 Å². The normalized spacial score (nSPS) is 19.0. The van der Waals surface area contributed by atoms with Gasteiger partial charge in [0.25, 0.3) is 0 Å². The van der Waals surface area contributed by atoms with Crippen LogP contribution in [-0.4, -0.2) is 0 Å². The molecule has 4 aliphatic rings. The fourth-order valence-electron chi connectivity index (χ4n) is 9.33. The second kappa shape index (κ2) is 16.3. The average Bonchev–Trinajstić information content (AvgIpc) is 3.72. The molecule has 0 spiro atoms. The Morgan fingerprint density at radius 3 is 0.947 bits per heavy atom. The van der Waals surface area contributed by atoms with Gasteiger partial charge in [-0.15, -0.1) is 57.7 Å². The predicted molar refractivity (Wildman–Crippen MR) is 233 cm³/mol. The Morgan fingerprint density at radius 2 is 0.684 bits per heavy atom. The van der Waals surface area contributed by atoms with Gasteiger partial charge in [0.2, 0.25) is 0 Å². The Balaban J connectivity index is 0.000000240. The van der Waals surface area contributed by atoms with Gasteiger partial charge >= 0.3 is 25.8 Å². The van der Waals surface area contributed by atoms with E-state index in [1.54, 1.807) is 11.1 Å². The number of halogens is 2. The average molecular weight is 965 g/mol. The second-order valence-corrected chi connectivity index (χ2v) is 21.9. The molecule has 3 heteroatoms. The maximum absolute atomic E-state index is 3.74. The van der Waals surface area contributed by atoms with E-state index in [9.17, 15) is 0 Å². The first-order chi connectivity index (χ1) is 24.9. The first-order valence-corrected chi connectivity index (χ1v) is 20.8. The summed E-state index contributed by atoms with van der Waals surface area (Å²) in [5.74, 6) is 0. The van der Waals surface area contributed by atoms with Gasteiger partial charge in [-0.25, -0.2) is 0 Å². The summed E-state index contributed by atoms with van der Waals surface area (Å²) >= 11 is 0. The van der Waals surface area contributed by atoms with Crippen LogP contribution >= 0.6 is 0 Å². The van der Waals surface area contributed by atoms with E-state index in [-0.39, 0.29) is 83.1 Å². The fourth-order valence-corrected chi connectivity index (χ4v) is 9.33. The second-order valence-electron chi connectivity index (χ2n) is 21.9. The van der Waals surface area contributed by atoms with Crippen LogP contribution in [0.4, 0.5) is 0 Å². The third-order valence-corrected chi connectivity index (χ3v) is 13.7. The standard InChI is InChI=1S/2C27H33.2ClH.Hf/c2*1-25(2,3)22-10-8-18(9-11-22)19-14-20-16-23-24(17-21(20)15-19)27(6,7)13-12-26(23,4)5;;;/h2*8-11,16-17H,12-14H2,1-7H3;2*1H;/q2*-1;;;+4/p-2. The minimum absolute atomic E-state index is 0. The largest absolute Gasteiger partial charge is 4.00 e. The smallest absolute Gasteiger partial charge is 1.00 e. The predicted octanol–water partition coefficient (Wildman–Crippen LogP) is 8.25. The molecule has 0 aromatic heterocycles. The van der Waals surface area contributed by atoms with Gasteiger partial charge in [-0.1, -0.05) is 204 Å². The van der Waals surface area contributed by atoms with Crippen LogP contribution in [-0.2, 0) is 71.2 Å². The van der Waals surface area contributed by atoms with Gasteiger partial charge < -0.3 is 24.8 Å². The van der Waals surface area contributed by atoms with Gasteiger partial charge in [0.05, 0.1) is 0 Å². The van der Waals surface area contributed by atoms with E-state index in [4.69, 9.17) is 0 Å². The van der Waals surface area contributed by atoms with E-state index in [2.05, 4.69) is 182 Å². The molecule has 300 valence electrons. The number of hydrogen-bond donors (Lipinski definition) is 0. The van der Waals surface area contributed by atoms with Gasteiger partial charge in [-0.3, -0.25) is 0 Å². The Bertz CT molecular complexity index is 2000. The van der Waals surface area contributed by atoms with Crippen LogP contribution < -0.4 is 24.8 Å². The molecule has 4 aromatic carbocycles. The molecule has 4 aromatic rings. The van der Waals surface area contributed by atoms with E-state index in [0.717, 1.165) is 12.8 Å². The molecular formula is C54H66Cl2Hf. The van der Waals surface area contributed by atoms with Gasteiger partial charge in [-0.05, 0) is 69.3 Å². The molecular weight excluding hydrogens is 898 g/mol. The van der Waals surface area contributed by atoms with Crippen molar-refractivity contribution in [1.29, 1.82) is 0 Å². The van der Waals surface area contributed by atoms with Crippen LogP contribution in [0, 0.1) is 12.2 Å². The minimum atomic E-state index is 0. The molecule has 0 fully saturated rings. The van der Waals surface area contributed by atoms with Crippen molar-refractivity contribution in [3.8, 4) is 0 Å². The quantitative estimate of drug-likeness (QED) is 0.140. The molecule has 0 atom stereocenters. The molecule has 0 N–H and O–H groups in total. The van der Waals surface area contributed by atoms with Gasteiger partial charge in [-0.2, -0.15) is 0 Å². The first kappa shape index (κ1) is 47.5. The van der Waals surface area contributed by atoms with Crippen LogP contribution in [0.3, 0.4) is 0 Å². The van der Waals surface area contributed by atoms with Crippen LogP contribution in [0.15, 0.2) is 72.8 Å². The van der Waals surface area contributed by atoms with Crippen LogP contribution in [0.5, 0.6) is 0 Å². The summed E-state index contributed by atoms with van der Waals surface area (Å²) in [7, 11) is 0. The molecule has 0 aliphatic heterocycles. The summed E-state index contributed by atoms with van der Waals surface area (Å²) in [5.41, 5.74) is 21.3. The van der Waals surface area contributed by atoms with Crippen molar-refractivity contribution in [3.05, 3.63) is 152 Å². The molecule has 0 bridgehead atoms. The van der Waals surface area contributed by atoms with Crippen LogP contribution in [0.1, 0.15) is 189 Å². The number of hydrogen-bond acceptors (Lipinski definition) is 0. The molecule has 57 heavy (non-hydrogen) atoms. The zero-order chi connectivity index (χ0) is 39.2. The van der Waals surface area contributed by atoms with E-state index >= 15 is 0 Å². The monoisotopic (exact) mass is 964 g/mol. The van der Waals surface area contributed by atoms with Crippen molar-refractivity contribution in [1.82, 2.24) is 0 Å². The fraction of sp³-hybridized carbons (Fsp3) is 0.481. The van der Waals surface area contributed by atoms with Crippen molar-refractivity contribution >= 4 is 11.1 Å². The zero-order valence-corrected chi connectivity index (χ0v) is 42.5. The Kier molecular flexibility index (Phi) is 13.6. The molecule has 0 radical (unpaired) electrons. The van der Waals surface area contributed by atoms with Crippen molar-refractivity contribution < 1.29 is 50.7 Å². The van der Waals surface area contributed by atoms with Gasteiger partial charge in [0, 0.05) is 0 Å². The summed E-state index contributed by atoms with van der Waals surface area (Å²) in [6.07, 6.45) is 14.6. The number of benzene rings is 4. The maximum atomic E-state index is 3.74. The molecule has 8 rings (SSSR count). The summed E-state index contributed by atoms with van der Waals surface area (Å²) < 4.78 is 0. The SMILES string of the molecule is CC(C)(C)c1ccc(C2=[C-]c3cc4c(cc3C2)C(C)(C)CCC4(C)C)cc1.CC(C)(C)c1ccc(C2=[C-]c3cc4c(cc3C2)C(C)(C)CCC4(C)C)cc1.[Cl-].[Cl-].[Hf+4]. The van der Waals surface area contributed by atoms with Crippen LogP contribution in [0.2, 0.25) is 0 Å². The molecule has 0 saturated carbocycles. The Labute approximate surface area is 378 Å². The summed E-state index contributed by atoms with van der Waals surface area (Å²) in [6, 6.07) is 28.1. The van der Waals surface area contributed by atoms with E-state index in [1.807, 2.05) is 0 Å². The first-order valence-electron chi connectivity index (χ1n) is 20.8. The third-order valence-electron chi connectivity index (χ3n) is 13.7. The summed E-state index contributed by atoms with van der Waals surface area (Å²) in [5, 5.41) is 0. The molecule has 0 heterocycles. The van der Waals surface area contributed by atoms with E-state index in [0.29, 0.717) is 0 Å². The summed E-state index contributed by atoms with van der Waals surface area (Å²) in [4.78, 5) is 0. The molecule has 0 unspecified atom stereocenters. The maximum Gasteiger partial charge on any atom is 4.00 e. The van der Waals surface area contributed by atoms with Crippen molar-refractivity contribution in [2.45, 2.75) is 168 Å². The summed E-state index contributed by atoms with van der Waals surface area (Å²) in [6.45, 7) is 32.9. The number of fused-ring (bicyclic) bond motifs is 4.